The molecule has 9 heteroatoms. The molecule has 2 heterocycles. The molecule has 0 aliphatic carbocycles. The van der Waals surface area contributed by atoms with Gasteiger partial charge in [-0.15, -0.1) is 8.78 Å². The zero-order valence-corrected chi connectivity index (χ0v) is 9.69. The summed E-state index contributed by atoms with van der Waals surface area (Å²) in [6.45, 7) is 0. The first-order valence-corrected chi connectivity index (χ1v) is 5.24. The van der Waals surface area contributed by atoms with E-state index >= 15 is 0 Å². The molecule has 1 aromatic heterocycles. The van der Waals surface area contributed by atoms with Crippen molar-refractivity contribution in [3.8, 4) is 11.5 Å². The number of nitrogens with zero attached hydrogens (tertiary/aromatic N) is 2. The van der Waals surface area contributed by atoms with Gasteiger partial charge < -0.3 is 9.47 Å². The third kappa shape index (κ3) is 1.62. The fraction of sp³-hybridized carbons (Fsp3) is 0.111. The summed E-state index contributed by atoms with van der Waals surface area (Å²) in [6, 6.07) is 1.06. The van der Waals surface area contributed by atoms with E-state index in [2.05, 4.69) is 19.4 Å². The average molecular weight is 297 g/mol. The first-order valence-electron chi connectivity index (χ1n) is 4.48. The van der Waals surface area contributed by atoms with Crippen molar-refractivity contribution in [2.75, 3.05) is 0 Å². The lowest BCUT2D eigenvalue weighted by Crippen LogP contribution is -2.26. The maximum atomic E-state index is 13.9. The van der Waals surface area contributed by atoms with E-state index in [4.69, 9.17) is 23.2 Å². The highest BCUT2D eigenvalue weighted by Gasteiger charge is 2.45. The Hall–Kier alpha value is -1.47. The zero-order valence-electron chi connectivity index (χ0n) is 8.18. The van der Waals surface area contributed by atoms with Crippen LogP contribution in [0, 0.1) is 5.82 Å². The van der Waals surface area contributed by atoms with Gasteiger partial charge in [-0.05, 0) is 17.7 Å². The number of hydrogen-bond acceptors (Lipinski definition) is 4. The van der Waals surface area contributed by atoms with Crippen LogP contribution in [0.2, 0.25) is 10.4 Å². The molecule has 0 bridgehead atoms. The second kappa shape index (κ2) is 3.52. The molecule has 2 aromatic rings. The van der Waals surface area contributed by atoms with Gasteiger partial charge in [0.2, 0.25) is 11.0 Å². The molecular formula is C9HCl2F3N2O2. The second-order valence-corrected chi connectivity index (χ2v) is 4.06. The minimum atomic E-state index is -3.93. The molecule has 0 radical (unpaired) electrons. The molecule has 0 fully saturated rings. The van der Waals surface area contributed by atoms with E-state index in [9.17, 15) is 13.2 Å². The summed E-state index contributed by atoms with van der Waals surface area (Å²) in [5.74, 6) is -2.35. The van der Waals surface area contributed by atoms with Crippen LogP contribution >= 0.6 is 23.2 Å². The molecule has 4 nitrogen and oxygen atoms in total. The number of alkyl halides is 2. The summed E-state index contributed by atoms with van der Waals surface area (Å²) < 4.78 is 47.8. The largest absolute Gasteiger partial charge is 0.586 e. The van der Waals surface area contributed by atoms with Crippen LogP contribution < -0.4 is 9.47 Å². The molecule has 0 saturated carbocycles. The van der Waals surface area contributed by atoms with Gasteiger partial charge in [-0.1, -0.05) is 11.6 Å². The lowest BCUT2D eigenvalue weighted by Gasteiger charge is -2.04. The monoisotopic (exact) mass is 296 g/mol. The Labute approximate surface area is 107 Å². The van der Waals surface area contributed by atoms with Crippen molar-refractivity contribution >= 4 is 34.1 Å². The van der Waals surface area contributed by atoms with Gasteiger partial charge in [-0.2, -0.15) is 0 Å². The third-order valence-corrected chi connectivity index (χ3v) is 2.69. The van der Waals surface area contributed by atoms with Crippen molar-refractivity contribution in [1.29, 1.82) is 0 Å². The highest BCUT2D eigenvalue weighted by atomic mass is 35.5. The lowest BCUT2D eigenvalue weighted by atomic mass is 10.2. The van der Waals surface area contributed by atoms with Crippen molar-refractivity contribution < 1.29 is 22.6 Å². The fourth-order valence-electron chi connectivity index (χ4n) is 1.56. The molecule has 94 valence electrons. The van der Waals surface area contributed by atoms with E-state index in [1.165, 1.54) is 0 Å². The predicted octanol–water partition coefficient (Wildman–Crippen LogP) is 3.40. The standard InChI is InChI=1S/C9HCl2F3N2O2/c10-7-2-1-3-6(18-9(13,14)17-3)4(12)5(2)15-8(11)16-7/h1H. The number of halogens is 5. The average Bonchev–Trinajstić information content (AvgIpc) is 2.56. The molecule has 1 aliphatic rings. The maximum absolute atomic E-state index is 13.9. The Morgan fingerprint density at radius 3 is 2.61 bits per heavy atom. The van der Waals surface area contributed by atoms with Crippen LogP contribution in [0.5, 0.6) is 11.5 Å². The molecule has 0 atom stereocenters. The highest BCUT2D eigenvalue weighted by Crippen LogP contribution is 2.46. The summed E-state index contributed by atoms with van der Waals surface area (Å²) in [6.07, 6.45) is -3.93. The topological polar surface area (TPSA) is 44.2 Å². The molecule has 0 N–H and O–H groups in total. The van der Waals surface area contributed by atoms with Crippen LogP contribution in [0.3, 0.4) is 0 Å². The number of ether oxygens (including phenoxy) is 2. The Balaban J connectivity index is 2.36. The molecule has 0 spiro atoms. The van der Waals surface area contributed by atoms with E-state index in [1.54, 1.807) is 0 Å². The SMILES string of the molecule is Fc1c2c(cc3c(Cl)nc(Cl)nc13)OC(F)(F)O2. The maximum Gasteiger partial charge on any atom is 0.586 e. The normalized spacial score (nSPS) is 16.3. The molecule has 0 saturated heterocycles. The lowest BCUT2D eigenvalue weighted by molar-refractivity contribution is -0.287. The van der Waals surface area contributed by atoms with Crippen LogP contribution in [0.1, 0.15) is 0 Å². The first kappa shape index (κ1) is 11.6. The smallest absolute Gasteiger partial charge is 0.395 e. The summed E-state index contributed by atoms with van der Waals surface area (Å²) in [5, 5.41) is -0.485. The van der Waals surface area contributed by atoms with E-state index in [-0.39, 0.29) is 21.3 Å². The van der Waals surface area contributed by atoms with Gasteiger partial charge >= 0.3 is 6.29 Å². The Morgan fingerprint density at radius 2 is 1.89 bits per heavy atom. The second-order valence-electron chi connectivity index (χ2n) is 3.36. The third-order valence-electron chi connectivity index (χ3n) is 2.23. The van der Waals surface area contributed by atoms with Crippen molar-refractivity contribution in [3.63, 3.8) is 0 Å². The number of hydrogen-bond donors (Lipinski definition) is 0. The van der Waals surface area contributed by atoms with Crippen LogP contribution in [0.25, 0.3) is 10.9 Å². The van der Waals surface area contributed by atoms with Crippen molar-refractivity contribution in [1.82, 2.24) is 9.97 Å². The quantitative estimate of drug-likeness (QED) is 0.552. The molecule has 0 unspecified atom stereocenters. The van der Waals surface area contributed by atoms with Crippen LogP contribution in [-0.4, -0.2) is 16.3 Å². The van der Waals surface area contributed by atoms with Gasteiger partial charge in [0.05, 0.1) is 0 Å². The number of aromatic nitrogens is 2. The van der Waals surface area contributed by atoms with Gasteiger partial charge in [0.15, 0.2) is 11.6 Å². The number of fused-ring (bicyclic) bond motifs is 2. The molecular weight excluding hydrogens is 296 g/mol. The summed E-state index contributed by atoms with van der Waals surface area (Å²) in [5.41, 5.74) is -0.319. The van der Waals surface area contributed by atoms with Gasteiger partial charge in [-0.3, -0.25) is 0 Å². The van der Waals surface area contributed by atoms with Gasteiger partial charge in [0.25, 0.3) is 0 Å². The Morgan fingerprint density at radius 1 is 1.17 bits per heavy atom. The minimum absolute atomic E-state index is 0.00128. The highest BCUT2D eigenvalue weighted by molar-refractivity contribution is 6.35. The predicted molar refractivity (Wildman–Crippen MR) is 55.7 cm³/mol. The van der Waals surface area contributed by atoms with Crippen molar-refractivity contribution in [2.45, 2.75) is 6.29 Å². The number of rotatable bonds is 0. The van der Waals surface area contributed by atoms with Crippen molar-refractivity contribution in [2.24, 2.45) is 0 Å². The zero-order chi connectivity index (χ0) is 13.1. The van der Waals surface area contributed by atoms with E-state index < -0.39 is 23.6 Å². The Kier molecular flexibility index (Phi) is 2.27. The van der Waals surface area contributed by atoms with E-state index in [0.717, 1.165) is 6.07 Å². The van der Waals surface area contributed by atoms with E-state index in [0.29, 0.717) is 0 Å². The van der Waals surface area contributed by atoms with Crippen LogP contribution in [0.15, 0.2) is 6.07 Å². The van der Waals surface area contributed by atoms with Gasteiger partial charge in [-0.25, -0.2) is 14.4 Å². The molecule has 3 rings (SSSR count). The minimum Gasteiger partial charge on any atom is -0.395 e. The molecule has 0 amide bonds. The van der Waals surface area contributed by atoms with Crippen molar-refractivity contribution in [3.05, 3.63) is 22.3 Å². The molecule has 1 aromatic carbocycles. The summed E-state index contributed by atoms with van der Waals surface area (Å²) >= 11 is 11.2. The number of benzene rings is 1. The molecule has 18 heavy (non-hydrogen) atoms. The molecule has 1 aliphatic heterocycles. The summed E-state index contributed by atoms with van der Waals surface area (Å²) in [4.78, 5) is 7.15. The Bertz CT molecular complexity index is 681. The van der Waals surface area contributed by atoms with Crippen LogP contribution in [-0.2, 0) is 0 Å². The fourth-order valence-corrected chi connectivity index (χ4v) is 2.00. The first-order chi connectivity index (χ1) is 8.37. The van der Waals surface area contributed by atoms with Gasteiger partial charge in [0, 0.05) is 5.39 Å². The van der Waals surface area contributed by atoms with Gasteiger partial charge in [0.1, 0.15) is 10.7 Å². The summed E-state index contributed by atoms with van der Waals surface area (Å²) in [7, 11) is 0. The van der Waals surface area contributed by atoms with E-state index in [1.807, 2.05) is 0 Å². The van der Waals surface area contributed by atoms with Crippen LogP contribution in [0.4, 0.5) is 13.2 Å².